The fourth-order valence-electron chi connectivity index (χ4n) is 2.29. The van der Waals surface area contributed by atoms with Gasteiger partial charge in [0.15, 0.2) is 0 Å². The molecule has 4 heteroatoms. The lowest BCUT2D eigenvalue weighted by atomic mass is 10.1. The van der Waals surface area contributed by atoms with Crippen LogP contribution in [-0.2, 0) is 0 Å². The van der Waals surface area contributed by atoms with E-state index < -0.39 is 0 Å². The first-order chi connectivity index (χ1) is 7.72. The van der Waals surface area contributed by atoms with E-state index in [1.54, 1.807) is 12.1 Å². The Labute approximate surface area is 99.6 Å². The van der Waals surface area contributed by atoms with Gasteiger partial charge in [-0.05, 0) is 37.5 Å². The van der Waals surface area contributed by atoms with E-state index in [2.05, 4.69) is 4.90 Å². The fraction of sp³-hybridized carbons (Fsp3) is 0.500. The molecule has 1 N–H and O–H groups in total. The molecule has 1 aromatic rings. The summed E-state index contributed by atoms with van der Waals surface area (Å²) in [6.07, 6.45) is 2.95. The van der Waals surface area contributed by atoms with E-state index in [1.807, 2.05) is 0 Å². The van der Waals surface area contributed by atoms with Crippen LogP contribution in [0.2, 0.25) is 5.02 Å². The Balaban J connectivity index is 2.19. The zero-order valence-electron chi connectivity index (χ0n) is 9.00. The minimum Gasteiger partial charge on any atom is -0.396 e. The van der Waals surface area contributed by atoms with Crippen LogP contribution in [0.25, 0.3) is 0 Å². The molecule has 0 amide bonds. The highest BCUT2D eigenvalue weighted by Crippen LogP contribution is 2.29. The van der Waals surface area contributed by atoms with Crippen molar-refractivity contribution in [2.24, 2.45) is 0 Å². The largest absolute Gasteiger partial charge is 0.396 e. The third-order valence-electron chi connectivity index (χ3n) is 3.07. The van der Waals surface area contributed by atoms with E-state index in [9.17, 15) is 4.39 Å². The zero-order chi connectivity index (χ0) is 11.5. The predicted octanol–water partition coefficient (Wildman–Crippen LogP) is 2.83. The van der Waals surface area contributed by atoms with Gasteiger partial charge in [0.05, 0.1) is 5.02 Å². The first kappa shape index (κ1) is 11.7. The molecular formula is C12H15ClFNO. The van der Waals surface area contributed by atoms with Crippen LogP contribution in [0.15, 0.2) is 18.2 Å². The Kier molecular flexibility index (Phi) is 3.66. The van der Waals surface area contributed by atoms with Crippen molar-refractivity contribution < 1.29 is 9.50 Å². The molecule has 1 fully saturated rings. The Bertz CT molecular complexity index is 372. The van der Waals surface area contributed by atoms with Gasteiger partial charge >= 0.3 is 0 Å². The van der Waals surface area contributed by atoms with E-state index in [1.165, 1.54) is 6.07 Å². The monoisotopic (exact) mass is 243 g/mol. The molecule has 1 saturated heterocycles. The number of halogens is 2. The van der Waals surface area contributed by atoms with Crippen molar-refractivity contribution in [3.8, 4) is 0 Å². The number of hydrogen-bond acceptors (Lipinski definition) is 2. The molecule has 0 spiro atoms. The quantitative estimate of drug-likeness (QED) is 0.883. The highest BCUT2D eigenvalue weighted by atomic mass is 35.5. The number of aliphatic hydroxyl groups is 1. The highest BCUT2D eigenvalue weighted by molar-refractivity contribution is 6.31. The molecule has 1 aliphatic heterocycles. The predicted molar refractivity (Wildman–Crippen MR) is 63.5 cm³/mol. The minimum atomic E-state index is -0.386. The van der Waals surface area contributed by atoms with Crippen molar-refractivity contribution in [1.82, 2.24) is 0 Å². The second-order valence-corrected chi connectivity index (χ2v) is 4.51. The molecule has 0 saturated carbocycles. The van der Waals surface area contributed by atoms with Gasteiger partial charge in [0.1, 0.15) is 5.82 Å². The molecule has 1 heterocycles. The van der Waals surface area contributed by atoms with Crippen molar-refractivity contribution in [1.29, 1.82) is 0 Å². The lowest BCUT2D eigenvalue weighted by Gasteiger charge is -2.26. The van der Waals surface area contributed by atoms with Gasteiger partial charge in [-0.1, -0.05) is 11.6 Å². The smallest absolute Gasteiger partial charge is 0.141 e. The van der Waals surface area contributed by atoms with Gasteiger partial charge in [-0.15, -0.1) is 0 Å². The van der Waals surface area contributed by atoms with Gasteiger partial charge in [0, 0.05) is 24.9 Å². The van der Waals surface area contributed by atoms with Crippen LogP contribution in [-0.4, -0.2) is 24.3 Å². The Morgan fingerprint density at radius 2 is 2.31 bits per heavy atom. The summed E-state index contributed by atoms with van der Waals surface area (Å²) < 4.78 is 13.0. The molecule has 1 atom stereocenters. The molecule has 0 bridgehead atoms. The van der Waals surface area contributed by atoms with Crippen LogP contribution in [0.5, 0.6) is 0 Å². The summed E-state index contributed by atoms with van der Waals surface area (Å²) in [7, 11) is 0. The van der Waals surface area contributed by atoms with Crippen molar-refractivity contribution in [3.63, 3.8) is 0 Å². The van der Waals surface area contributed by atoms with Crippen LogP contribution in [0.1, 0.15) is 19.3 Å². The molecule has 1 unspecified atom stereocenters. The Hall–Kier alpha value is -0.800. The second kappa shape index (κ2) is 5.02. The van der Waals surface area contributed by atoms with Crippen molar-refractivity contribution in [3.05, 3.63) is 29.0 Å². The Morgan fingerprint density at radius 1 is 1.50 bits per heavy atom. The van der Waals surface area contributed by atoms with Gasteiger partial charge < -0.3 is 10.0 Å². The minimum absolute atomic E-state index is 0.159. The lowest BCUT2D eigenvalue weighted by molar-refractivity contribution is 0.276. The second-order valence-electron chi connectivity index (χ2n) is 4.10. The maximum absolute atomic E-state index is 13.0. The van der Waals surface area contributed by atoms with Crippen LogP contribution in [0.4, 0.5) is 10.1 Å². The summed E-state index contributed by atoms with van der Waals surface area (Å²) in [5, 5.41) is 9.14. The van der Waals surface area contributed by atoms with Gasteiger partial charge in [0.2, 0.25) is 0 Å². The van der Waals surface area contributed by atoms with Gasteiger partial charge in [-0.25, -0.2) is 4.39 Å². The number of nitrogens with zero attached hydrogens (tertiary/aromatic N) is 1. The molecule has 0 aromatic heterocycles. The summed E-state index contributed by atoms with van der Waals surface area (Å²) in [5.41, 5.74) is 0.947. The highest BCUT2D eigenvalue weighted by Gasteiger charge is 2.24. The van der Waals surface area contributed by atoms with Gasteiger partial charge in [0.25, 0.3) is 0 Å². The SMILES string of the molecule is OCCC1CCCN1c1ccc(F)c(Cl)c1. The molecule has 0 radical (unpaired) electrons. The maximum atomic E-state index is 13.0. The summed E-state index contributed by atoms with van der Waals surface area (Å²) in [5.74, 6) is -0.386. The van der Waals surface area contributed by atoms with E-state index in [0.29, 0.717) is 6.04 Å². The first-order valence-electron chi connectivity index (χ1n) is 5.55. The lowest BCUT2D eigenvalue weighted by Crippen LogP contribution is -2.29. The van der Waals surface area contributed by atoms with Crippen molar-refractivity contribution >= 4 is 17.3 Å². The van der Waals surface area contributed by atoms with Crippen LogP contribution in [0.3, 0.4) is 0 Å². The van der Waals surface area contributed by atoms with E-state index >= 15 is 0 Å². The average Bonchev–Trinajstić information content (AvgIpc) is 2.71. The van der Waals surface area contributed by atoms with E-state index in [4.69, 9.17) is 16.7 Å². The van der Waals surface area contributed by atoms with Crippen LogP contribution < -0.4 is 4.90 Å². The number of aliphatic hydroxyl groups excluding tert-OH is 1. The third kappa shape index (κ3) is 2.30. The zero-order valence-corrected chi connectivity index (χ0v) is 9.75. The molecule has 88 valence electrons. The summed E-state index contributed by atoms with van der Waals surface area (Å²) in [6, 6.07) is 5.15. The first-order valence-corrected chi connectivity index (χ1v) is 5.92. The van der Waals surface area contributed by atoms with Crippen molar-refractivity contribution in [2.75, 3.05) is 18.1 Å². The molecule has 1 aliphatic rings. The van der Waals surface area contributed by atoms with E-state index in [0.717, 1.165) is 31.5 Å². The Morgan fingerprint density at radius 3 is 3.00 bits per heavy atom. The molecule has 2 rings (SSSR count). The standard InChI is InChI=1S/C12H15ClFNO/c13-11-8-10(3-4-12(11)14)15-6-1-2-9(15)5-7-16/h3-4,8-9,16H,1-2,5-7H2. The molecular weight excluding hydrogens is 229 g/mol. The third-order valence-corrected chi connectivity index (χ3v) is 3.36. The van der Waals surface area contributed by atoms with Crippen LogP contribution in [0, 0.1) is 5.82 Å². The molecule has 2 nitrogen and oxygen atoms in total. The summed E-state index contributed by atoms with van der Waals surface area (Å²) >= 11 is 5.77. The average molecular weight is 244 g/mol. The summed E-state index contributed by atoms with van der Waals surface area (Å²) in [6.45, 7) is 1.14. The van der Waals surface area contributed by atoms with Crippen molar-refractivity contribution in [2.45, 2.75) is 25.3 Å². The molecule has 1 aromatic carbocycles. The van der Waals surface area contributed by atoms with E-state index in [-0.39, 0.29) is 17.4 Å². The number of benzene rings is 1. The van der Waals surface area contributed by atoms with Gasteiger partial charge in [-0.3, -0.25) is 0 Å². The summed E-state index contributed by atoms with van der Waals surface area (Å²) in [4.78, 5) is 2.20. The molecule has 0 aliphatic carbocycles. The normalized spacial score (nSPS) is 20.4. The molecule has 16 heavy (non-hydrogen) atoms. The number of anilines is 1. The van der Waals surface area contributed by atoms with Gasteiger partial charge in [-0.2, -0.15) is 0 Å². The maximum Gasteiger partial charge on any atom is 0.141 e. The number of rotatable bonds is 3. The topological polar surface area (TPSA) is 23.5 Å². The van der Waals surface area contributed by atoms with Crippen LogP contribution >= 0.6 is 11.6 Å². The fourth-order valence-corrected chi connectivity index (χ4v) is 2.46. The number of hydrogen-bond donors (Lipinski definition) is 1.